The first-order valence-corrected chi connectivity index (χ1v) is 9.27. The number of nitrogens with two attached hydrogens (primary N) is 1. The topological polar surface area (TPSA) is 58.7 Å². The van der Waals surface area contributed by atoms with E-state index >= 15 is 0 Å². The Hall–Kier alpha value is -2.33. The molecule has 2 aromatic rings. The highest BCUT2D eigenvalue weighted by atomic mass is 35.5. The number of rotatable bonds is 3. The predicted molar refractivity (Wildman–Crippen MR) is 104 cm³/mol. The minimum atomic E-state index is -0.806. The van der Waals surface area contributed by atoms with Crippen LogP contribution in [0.1, 0.15) is 48.3 Å². The second-order valence-corrected chi connectivity index (χ2v) is 7.84. The van der Waals surface area contributed by atoms with Crippen molar-refractivity contribution in [3.05, 3.63) is 70.2 Å². The van der Waals surface area contributed by atoms with Crippen molar-refractivity contribution in [2.45, 2.75) is 37.1 Å². The Morgan fingerprint density at radius 1 is 1.15 bits per heavy atom. The van der Waals surface area contributed by atoms with Crippen molar-refractivity contribution >= 4 is 23.5 Å². The van der Waals surface area contributed by atoms with Crippen molar-refractivity contribution in [2.75, 3.05) is 7.05 Å². The second kappa shape index (κ2) is 6.13. The van der Waals surface area contributed by atoms with E-state index in [0.717, 1.165) is 11.1 Å². The summed E-state index contributed by atoms with van der Waals surface area (Å²) in [7, 11) is 1.67. The lowest BCUT2D eigenvalue weighted by Gasteiger charge is -2.41. The van der Waals surface area contributed by atoms with Gasteiger partial charge in [-0.25, -0.2) is 4.99 Å². The number of hydrogen-bond acceptors (Lipinski definition) is 3. The van der Waals surface area contributed by atoms with Gasteiger partial charge >= 0.3 is 0 Å². The van der Waals surface area contributed by atoms with Crippen LogP contribution in [0.15, 0.2) is 53.5 Å². The molecule has 4 rings (SSSR count). The van der Waals surface area contributed by atoms with E-state index in [2.05, 4.69) is 24.3 Å². The highest BCUT2D eigenvalue weighted by Gasteiger charge is 2.47. The fourth-order valence-corrected chi connectivity index (χ4v) is 3.99. The first-order valence-electron chi connectivity index (χ1n) is 8.89. The van der Waals surface area contributed by atoms with E-state index in [1.54, 1.807) is 7.05 Å². The van der Waals surface area contributed by atoms with Crippen LogP contribution in [0.3, 0.4) is 0 Å². The molecule has 0 radical (unpaired) electrons. The van der Waals surface area contributed by atoms with Crippen LogP contribution < -0.4 is 5.73 Å². The number of carbonyl (C=O) groups excluding carboxylic acids is 1. The van der Waals surface area contributed by atoms with Gasteiger partial charge < -0.3 is 5.73 Å². The van der Waals surface area contributed by atoms with Crippen molar-refractivity contribution in [2.24, 2.45) is 10.7 Å². The van der Waals surface area contributed by atoms with Gasteiger partial charge in [0.1, 0.15) is 5.54 Å². The first kappa shape index (κ1) is 17.1. The summed E-state index contributed by atoms with van der Waals surface area (Å²) in [5.41, 5.74) is 8.42. The molecule has 1 aliphatic heterocycles. The largest absolute Gasteiger partial charge is 0.369 e. The number of benzene rings is 2. The highest BCUT2D eigenvalue weighted by Crippen LogP contribution is 2.45. The quantitative estimate of drug-likeness (QED) is 0.891. The zero-order valence-corrected chi connectivity index (χ0v) is 15.7. The number of nitrogens with zero attached hydrogens (tertiary/aromatic N) is 2. The van der Waals surface area contributed by atoms with E-state index in [0.29, 0.717) is 10.9 Å². The van der Waals surface area contributed by atoms with Crippen LogP contribution in [-0.2, 0) is 10.3 Å². The fraction of sp³-hybridized carbons (Fsp3) is 0.333. The van der Waals surface area contributed by atoms with Crippen molar-refractivity contribution in [3.8, 4) is 0 Å². The van der Waals surface area contributed by atoms with Crippen molar-refractivity contribution in [1.82, 2.24) is 4.90 Å². The lowest BCUT2D eigenvalue weighted by atomic mass is 9.74. The zero-order chi connectivity index (χ0) is 18.5. The monoisotopic (exact) mass is 367 g/mol. The van der Waals surface area contributed by atoms with Gasteiger partial charge in [0.15, 0.2) is 5.96 Å². The van der Waals surface area contributed by atoms with Gasteiger partial charge in [0, 0.05) is 12.1 Å². The molecule has 1 fully saturated rings. The van der Waals surface area contributed by atoms with Crippen LogP contribution >= 0.6 is 11.6 Å². The molecule has 0 spiro atoms. The molecular weight excluding hydrogens is 346 g/mol. The Morgan fingerprint density at radius 3 is 2.42 bits per heavy atom. The molecule has 2 aromatic carbocycles. The third-order valence-corrected chi connectivity index (χ3v) is 5.79. The molecule has 0 bridgehead atoms. The third kappa shape index (κ3) is 2.78. The Bertz CT molecular complexity index is 888. The molecule has 0 aromatic heterocycles. The van der Waals surface area contributed by atoms with Gasteiger partial charge in [0.05, 0.1) is 5.92 Å². The number of guanidine groups is 1. The number of hydrogen-bond donors (Lipinski definition) is 1. The molecule has 1 saturated carbocycles. The molecule has 0 saturated heterocycles. The molecular formula is C21H22ClN3O. The first-order chi connectivity index (χ1) is 12.4. The van der Waals surface area contributed by atoms with Crippen molar-refractivity contribution in [1.29, 1.82) is 0 Å². The summed E-state index contributed by atoms with van der Waals surface area (Å²) in [4.78, 5) is 19.3. The molecule has 5 heteroatoms. The summed E-state index contributed by atoms with van der Waals surface area (Å²) in [6.07, 6.45) is 2.51. The second-order valence-electron chi connectivity index (χ2n) is 7.40. The van der Waals surface area contributed by atoms with Crippen molar-refractivity contribution in [3.63, 3.8) is 0 Å². The van der Waals surface area contributed by atoms with Crippen molar-refractivity contribution < 1.29 is 4.79 Å². The van der Waals surface area contributed by atoms with Gasteiger partial charge in [0.2, 0.25) is 5.91 Å². The lowest BCUT2D eigenvalue weighted by Crippen LogP contribution is -2.52. The molecule has 2 atom stereocenters. The van der Waals surface area contributed by atoms with E-state index in [4.69, 9.17) is 22.3 Å². The summed E-state index contributed by atoms with van der Waals surface area (Å²) in [6.45, 7) is 1.95. The standard InChI is InChI=1S/C21H22ClN3O/c1-21(16-4-3-5-17(22)12-16)18(19(26)25(2)20(23)24-21)15-10-8-14(9-11-15)13-6-7-13/h3-5,8-13,18H,6-7H2,1-2H3,(H2,23,24)/t18-,21-/m1/s1. The van der Waals surface area contributed by atoms with Crippen LogP contribution in [0.5, 0.6) is 0 Å². The normalized spacial score (nSPS) is 26.0. The van der Waals surface area contributed by atoms with Gasteiger partial charge in [-0.2, -0.15) is 0 Å². The molecule has 134 valence electrons. The van der Waals surface area contributed by atoms with Crippen LogP contribution in [0.25, 0.3) is 0 Å². The maximum Gasteiger partial charge on any atom is 0.239 e. The smallest absolute Gasteiger partial charge is 0.239 e. The average molecular weight is 368 g/mol. The van der Waals surface area contributed by atoms with Gasteiger partial charge in [-0.05, 0) is 54.5 Å². The van der Waals surface area contributed by atoms with E-state index in [1.807, 2.05) is 31.2 Å². The van der Waals surface area contributed by atoms with E-state index < -0.39 is 11.5 Å². The zero-order valence-electron chi connectivity index (χ0n) is 14.9. The lowest BCUT2D eigenvalue weighted by molar-refractivity contribution is -0.130. The molecule has 1 heterocycles. The third-order valence-electron chi connectivity index (χ3n) is 5.56. The Labute approximate surface area is 158 Å². The molecule has 1 aliphatic carbocycles. The number of likely N-dealkylation sites (N-methyl/N-ethyl adjacent to an activating group) is 1. The molecule has 2 aliphatic rings. The van der Waals surface area contributed by atoms with Gasteiger partial charge in [-0.3, -0.25) is 9.69 Å². The Morgan fingerprint density at radius 2 is 1.81 bits per heavy atom. The summed E-state index contributed by atoms with van der Waals surface area (Å²) >= 11 is 6.21. The number of carbonyl (C=O) groups is 1. The molecule has 0 unspecified atom stereocenters. The summed E-state index contributed by atoms with van der Waals surface area (Å²) < 4.78 is 0. The average Bonchev–Trinajstić information content (AvgIpc) is 3.46. The number of aliphatic imine (C=N–C) groups is 1. The van der Waals surface area contributed by atoms with Gasteiger partial charge in [-0.15, -0.1) is 0 Å². The molecule has 4 nitrogen and oxygen atoms in total. The van der Waals surface area contributed by atoms with Crippen LogP contribution in [0, 0.1) is 0 Å². The number of amides is 1. The molecule has 1 amide bonds. The summed E-state index contributed by atoms with van der Waals surface area (Å²) in [5, 5.41) is 0.617. The minimum absolute atomic E-state index is 0.0563. The summed E-state index contributed by atoms with van der Waals surface area (Å²) in [6, 6.07) is 15.9. The van der Waals surface area contributed by atoms with Gasteiger partial charge in [0.25, 0.3) is 0 Å². The predicted octanol–water partition coefficient (Wildman–Crippen LogP) is 4.00. The maximum absolute atomic E-state index is 13.2. The molecule has 2 N–H and O–H groups in total. The van der Waals surface area contributed by atoms with E-state index in [-0.39, 0.29) is 11.9 Å². The van der Waals surface area contributed by atoms with Crippen LogP contribution in [0.2, 0.25) is 5.02 Å². The van der Waals surface area contributed by atoms with Gasteiger partial charge in [-0.1, -0.05) is 48.0 Å². The minimum Gasteiger partial charge on any atom is -0.369 e. The SMILES string of the molecule is CN1C(=O)[C@@H](c2ccc(C3CC3)cc2)[C@@](C)(c2cccc(Cl)c2)N=C1N. The Balaban J connectivity index is 1.84. The van der Waals surface area contributed by atoms with Crippen LogP contribution in [0.4, 0.5) is 0 Å². The fourth-order valence-electron chi connectivity index (χ4n) is 3.80. The highest BCUT2D eigenvalue weighted by molar-refractivity contribution is 6.30. The molecule has 26 heavy (non-hydrogen) atoms. The summed E-state index contributed by atoms with van der Waals surface area (Å²) in [5.74, 6) is 0.399. The van der Waals surface area contributed by atoms with E-state index in [1.165, 1.54) is 23.3 Å². The van der Waals surface area contributed by atoms with E-state index in [9.17, 15) is 4.79 Å². The van der Waals surface area contributed by atoms with Crippen LogP contribution in [-0.4, -0.2) is 23.8 Å². The maximum atomic E-state index is 13.2. The number of halogens is 1. The Kier molecular flexibility index (Phi) is 4.03.